The minimum absolute atomic E-state index is 0.191. The summed E-state index contributed by atoms with van der Waals surface area (Å²) in [6.45, 7) is 2.11. The zero-order chi connectivity index (χ0) is 25.0. The fraction of sp³-hybridized carbons (Fsp3) is 0.222. The standard InChI is InChI=1S/C27H24F3N3O3/c28-27(29,30)22-8-5-7-21(16-22)23-17-26(36-31-23)33(14-6-13-32-11-3-1-2-4-12-32)18-20-9-10-24-25(15-20)35-19-34-24/h1-5,7-12,15-17H,6,13-14,18-19H2. The van der Waals surface area contributed by atoms with Crippen LogP contribution in [0.25, 0.3) is 11.3 Å². The Kier molecular flexibility index (Phi) is 6.71. The minimum Gasteiger partial charge on any atom is -0.454 e. The third-order valence-corrected chi connectivity index (χ3v) is 5.84. The first-order valence-corrected chi connectivity index (χ1v) is 11.5. The highest BCUT2D eigenvalue weighted by atomic mass is 19.4. The number of hydrogen-bond acceptors (Lipinski definition) is 6. The molecule has 0 amide bonds. The van der Waals surface area contributed by atoms with Gasteiger partial charge in [-0.05, 0) is 48.4 Å². The molecule has 5 rings (SSSR count). The number of allylic oxidation sites excluding steroid dienone is 4. The molecule has 0 unspecified atom stereocenters. The van der Waals surface area contributed by atoms with Gasteiger partial charge in [-0.25, -0.2) is 0 Å². The summed E-state index contributed by atoms with van der Waals surface area (Å²) in [6, 6.07) is 12.5. The van der Waals surface area contributed by atoms with Crippen LogP contribution in [-0.2, 0) is 12.7 Å². The van der Waals surface area contributed by atoms with Crippen molar-refractivity contribution in [2.75, 3.05) is 24.8 Å². The van der Waals surface area contributed by atoms with Gasteiger partial charge in [-0.15, -0.1) is 0 Å². The Morgan fingerprint density at radius 1 is 0.917 bits per heavy atom. The van der Waals surface area contributed by atoms with Gasteiger partial charge in [0.25, 0.3) is 0 Å². The van der Waals surface area contributed by atoms with Crippen molar-refractivity contribution in [2.24, 2.45) is 0 Å². The van der Waals surface area contributed by atoms with Crippen LogP contribution in [0.5, 0.6) is 11.5 Å². The van der Waals surface area contributed by atoms with Crippen molar-refractivity contribution < 1.29 is 27.2 Å². The van der Waals surface area contributed by atoms with Gasteiger partial charge in [0.1, 0.15) is 5.69 Å². The molecule has 0 aliphatic carbocycles. The van der Waals surface area contributed by atoms with Crippen molar-refractivity contribution in [1.82, 2.24) is 10.1 Å². The van der Waals surface area contributed by atoms with E-state index < -0.39 is 11.7 Å². The molecule has 0 saturated heterocycles. The summed E-state index contributed by atoms with van der Waals surface area (Å²) in [5.74, 6) is 1.86. The van der Waals surface area contributed by atoms with Crippen LogP contribution in [0.4, 0.5) is 19.1 Å². The van der Waals surface area contributed by atoms with E-state index in [1.54, 1.807) is 12.1 Å². The molecule has 0 fully saturated rings. The second-order valence-electron chi connectivity index (χ2n) is 8.40. The molecule has 0 saturated carbocycles. The van der Waals surface area contributed by atoms with Gasteiger partial charge in [-0.1, -0.05) is 35.5 Å². The van der Waals surface area contributed by atoms with Gasteiger partial charge in [0.15, 0.2) is 11.5 Å². The highest BCUT2D eigenvalue weighted by Gasteiger charge is 2.30. The number of hydrogen-bond donors (Lipinski definition) is 0. The van der Waals surface area contributed by atoms with Crippen LogP contribution in [0.3, 0.4) is 0 Å². The summed E-state index contributed by atoms with van der Waals surface area (Å²) in [5.41, 5.74) is 0.941. The number of fused-ring (bicyclic) bond motifs is 1. The average Bonchev–Trinajstić information content (AvgIpc) is 3.47. The molecule has 2 aliphatic rings. The van der Waals surface area contributed by atoms with E-state index in [0.717, 1.165) is 30.7 Å². The Morgan fingerprint density at radius 3 is 2.53 bits per heavy atom. The monoisotopic (exact) mass is 495 g/mol. The maximum absolute atomic E-state index is 13.2. The van der Waals surface area contributed by atoms with Crippen molar-refractivity contribution >= 4 is 5.88 Å². The highest BCUT2D eigenvalue weighted by molar-refractivity contribution is 5.63. The van der Waals surface area contributed by atoms with E-state index in [1.165, 1.54) is 6.07 Å². The first-order chi connectivity index (χ1) is 17.5. The lowest BCUT2D eigenvalue weighted by molar-refractivity contribution is -0.137. The van der Waals surface area contributed by atoms with Crippen LogP contribution in [0.1, 0.15) is 17.5 Å². The fourth-order valence-electron chi connectivity index (χ4n) is 4.02. The van der Waals surface area contributed by atoms with E-state index in [1.807, 2.05) is 59.8 Å². The third-order valence-electron chi connectivity index (χ3n) is 5.84. The van der Waals surface area contributed by atoms with Gasteiger partial charge in [0.05, 0.1) is 5.56 Å². The first-order valence-electron chi connectivity index (χ1n) is 11.5. The smallest absolute Gasteiger partial charge is 0.416 e. The van der Waals surface area contributed by atoms with Crippen LogP contribution in [0.2, 0.25) is 0 Å². The predicted molar refractivity (Wildman–Crippen MR) is 129 cm³/mol. The first kappa shape index (κ1) is 23.6. The molecule has 1 aromatic heterocycles. The van der Waals surface area contributed by atoms with Gasteiger partial charge in [0, 0.05) is 43.7 Å². The number of ether oxygens (including phenoxy) is 2. The normalized spacial score (nSPS) is 14.4. The summed E-state index contributed by atoms with van der Waals surface area (Å²) < 4.78 is 56.1. The van der Waals surface area contributed by atoms with Gasteiger partial charge in [-0.2, -0.15) is 13.2 Å². The number of benzene rings is 2. The number of aromatic nitrogens is 1. The topological polar surface area (TPSA) is 51.0 Å². The maximum Gasteiger partial charge on any atom is 0.416 e. The maximum atomic E-state index is 13.2. The molecule has 0 bridgehead atoms. The molecule has 3 heterocycles. The Hall–Kier alpha value is -4.14. The van der Waals surface area contributed by atoms with E-state index in [2.05, 4.69) is 10.1 Å². The summed E-state index contributed by atoms with van der Waals surface area (Å²) in [5, 5.41) is 4.07. The van der Waals surface area contributed by atoms with Crippen molar-refractivity contribution in [3.8, 4) is 22.8 Å². The Balaban J connectivity index is 1.36. The van der Waals surface area contributed by atoms with Crippen molar-refractivity contribution in [3.05, 3.63) is 96.4 Å². The van der Waals surface area contributed by atoms with E-state index in [4.69, 9.17) is 14.0 Å². The van der Waals surface area contributed by atoms with E-state index in [9.17, 15) is 13.2 Å². The third kappa shape index (κ3) is 5.56. The molecule has 3 aromatic rings. The zero-order valence-electron chi connectivity index (χ0n) is 19.3. The molecule has 0 atom stereocenters. The minimum atomic E-state index is -4.43. The summed E-state index contributed by atoms with van der Waals surface area (Å²) in [4.78, 5) is 4.11. The lowest BCUT2D eigenvalue weighted by Crippen LogP contribution is -2.26. The molecular weight excluding hydrogens is 471 g/mol. The summed E-state index contributed by atoms with van der Waals surface area (Å²) in [6.07, 6.45) is 8.26. The average molecular weight is 496 g/mol. The zero-order valence-corrected chi connectivity index (χ0v) is 19.3. The SMILES string of the molecule is FC(F)(F)c1cccc(-c2cc(N(CCCN3C=CC=CC=C3)Cc3ccc4c(c3)OCO4)on2)c1. The van der Waals surface area contributed by atoms with E-state index >= 15 is 0 Å². The van der Waals surface area contributed by atoms with Gasteiger partial charge < -0.3 is 23.8 Å². The Bertz CT molecular complexity index is 1280. The Morgan fingerprint density at radius 2 is 1.72 bits per heavy atom. The molecule has 2 aromatic carbocycles. The van der Waals surface area contributed by atoms with Crippen LogP contribution in [0.15, 0.2) is 89.8 Å². The van der Waals surface area contributed by atoms with E-state index in [0.29, 0.717) is 41.7 Å². The quantitative estimate of drug-likeness (QED) is 0.361. The van der Waals surface area contributed by atoms with Crippen molar-refractivity contribution in [3.63, 3.8) is 0 Å². The predicted octanol–water partition coefficient (Wildman–Crippen LogP) is 6.39. The van der Waals surface area contributed by atoms with Gasteiger partial charge in [-0.3, -0.25) is 0 Å². The second kappa shape index (κ2) is 10.2. The molecule has 2 aliphatic heterocycles. The lowest BCUT2D eigenvalue weighted by atomic mass is 10.1. The lowest BCUT2D eigenvalue weighted by Gasteiger charge is -2.23. The second-order valence-corrected chi connectivity index (χ2v) is 8.40. The number of anilines is 1. The molecule has 186 valence electrons. The molecule has 6 nitrogen and oxygen atoms in total. The fourth-order valence-corrected chi connectivity index (χ4v) is 4.02. The number of alkyl halides is 3. The molecule has 36 heavy (non-hydrogen) atoms. The van der Waals surface area contributed by atoms with Crippen LogP contribution in [-0.4, -0.2) is 29.9 Å². The highest BCUT2D eigenvalue weighted by Crippen LogP contribution is 2.35. The van der Waals surface area contributed by atoms with Crippen molar-refractivity contribution in [1.29, 1.82) is 0 Å². The molecular formula is C27H24F3N3O3. The van der Waals surface area contributed by atoms with Crippen molar-refractivity contribution in [2.45, 2.75) is 19.1 Å². The molecule has 0 N–H and O–H groups in total. The van der Waals surface area contributed by atoms with Gasteiger partial charge in [0.2, 0.25) is 12.7 Å². The largest absolute Gasteiger partial charge is 0.454 e. The number of halogens is 3. The number of rotatable bonds is 8. The Labute approximate surface area is 206 Å². The van der Waals surface area contributed by atoms with Gasteiger partial charge >= 0.3 is 6.18 Å². The van der Waals surface area contributed by atoms with Crippen LogP contribution in [0, 0.1) is 0 Å². The molecule has 0 radical (unpaired) electrons. The summed E-state index contributed by atoms with van der Waals surface area (Å²) >= 11 is 0. The molecule has 0 spiro atoms. The number of nitrogens with zero attached hydrogens (tertiary/aromatic N) is 3. The summed E-state index contributed by atoms with van der Waals surface area (Å²) in [7, 11) is 0. The van der Waals surface area contributed by atoms with E-state index in [-0.39, 0.29) is 6.79 Å². The molecule has 9 heteroatoms. The van der Waals surface area contributed by atoms with Crippen LogP contribution < -0.4 is 14.4 Å². The van der Waals surface area contributed by atoms with Crippen LogP contribution >= 0.6 is 0 Å².